The van der Waals surface area contributed by atoms with Crippen LogP contribution in [0, 0.1) is 11.6 Å². The van der Waals surface area contributed by atoms with E-state index in [1.807, 2.05) is 4.68 Å². The largest absolute Gasteiger partial charge is 0.305 e. The van der Waals surface area contributed by atoms with Crippen molar-refractivity contribution in [1.82, 2.24) is 20.1 Å². The van der Waals surface area contributed by atoms with E-state index in [9.17, 15) is 13.6 Å². The summed E-state index contributed by atoms with van der Waals surface area (Å²) in [6.45, 7) is 3.03. The molecule has 0 aliphatic carbocycles. The van der Waals surface area contributed by atoms with Crippen molar-refractivity contribution in [3.63, 3.8) is 0 Å². The molecule has 2 aliphatic heterocycles. The molecule has 5 rings (SSSR count). The van der Waals surface area contributed by atoms with E-state index in [0.29, 0.717) is 41.3 Å². The molecule has 0 saturated carbocycles. The SMILES string of the molecule is CCCn1ncnc1C1C2=NCC(=O)c3cc(F)cc(c32)CNC1c1ccc(F)cc1. The zero-order valence-electron chi connectivity index (χ0n) is 17.0. The average Bonchev–Trinajstić information content (AvgIpc) is 3.14. The van der Waals surface area contributed by atoms with E-state index < -0.39 is 5.82 Å². The Hall–Kier alpha value is -3.26. The number of carbonyl (C=O) groups excluding carboxylic acids is 1. The Kier molecular flexibility index (Phi) is 4.94. The third-order valence-corrected chi connectivity index (χ3v) is 5.86. The minimum atomic E-state index is -0.448. The fourth-order valence-electron chi connectivity index (χ4n) is 4.55. The van der Waals surface area contributed by atoms with E-state index in [4.69, 9.17) is 0 Å². The number of Topliss-reactive ketones (excluding diaryl/α,β-unsaturated/α-hetero) is 1. The maximum Gasteiger partial charge on any atom is 0.184 e. The molecule has 2 atom stereocenters. The second-order valence-corrected chi connectivity index (χ2v) is 7.84. The highest BCUT2D eigenvalue weighted by molar-refractivity contribution is 6.18. The number of nitrogens with zero attached hydrogens (tertiary/aromatic N) is 4. The second-order valence-electron chi connectivity index (χ2n) is 7.84. The third-order valence-electron chi connectivity index (χ3n) is 5.86. The van der Waals surface area contributed by atoms with Crippen LogP contribution in [0.25, 0.3) is 0 Å². The van der Waals surface area contributed by atoms with Crippen LogP contribution in [0.1, 0.15) is 58.2 Å². The standard InChI is InChI=1S/C23H21F2N5O/c1-2-7-30-23(28-12-29-30)20-21(13-3-5-15(24)6-4-13)26-10-14-8-16(25)9-17-18(31)11-27-22(20)19(14)17/h3-6,8-9,12,20-21,26H,2,7,10-11H2,1H3. The van der Waals surface area contributed by atoms with E-state index in [0.717, 1.165) is 12.0 Å². The monoisotopic (exact) mass is 421 g/mol. The lowest BCUT2D eigenvalue weighted by atomic mass is 9.82. The van der Waals surface area contributed by atoms with Crippen LogP contribution >= 0.6 is 0 Å². The molecular formula is C23H21F2N5O. The Labute approximate surface area is 178 Å². The van der Waals surface area contributed by atoms with Gasteiger partial charge in [0, 0.05) is 30.3 Å². The van der Waals surface area contributed by atoms with Crippen LogP contribution in [0.2, 0.25) is 0 Å². The van der Waals surface area contributed by atoms with Crippen LogP contribution in [0.5, 0.6) is 0 Å². The summed E-state index contributed by atoms with van der Waals surface area (Å²) in [4.78, 5) is 21.8. The van der Waals surface area contributed by atoms with E-state index in [2.05, 4.69) is 27.3 Å². The van der Waals surface area contributed by atoms with Gasteiger partial charge in [0.25, 0.3) is 0 Å². The summed E-state index contributed by atoms with van der Waals surface area (Å²) in [7, 11) is 0. The summed E-state index contributed by atoms with van der Waals surface area (Å²) in [5, 5.41) is 7.86. The summed E-state index contributed by atoms with van der Waals surface area (Å²) in [5.41, 5.74) is 3.25. The van der Waals surface area contributed by atoms with Crippen LogP contribution in [0.15, 0.2) is 47.7 Å². The first kappa shape index (κ1) is 19.7. The molecule has 31 heavy (non-hydrogen) atoms. The van der Waals surface area contributed by atoms with Gasteiger partial charge >= 0.3 is 0 Å². The molecule has 0 spiro atoms. The number of nitrogens with one attached hydrogen (secondary N) is 1. The molecule has 0 amide bonds. The first-order valence-corrected chi connectivity index (χ1v) is 10.3. The second kappa shape index (κ2) is 7.77. The Balaban J connectivity index is 1.74. The van der Waals surface area contributed by atoms with Gasteiger partial charge in [-0.3, -0.25) is 9.79 Å². The highest BCUT2D eigenvalue weighted by Gasteiger charge is 2.40. The number of benzene rings is 2. The van der Waals surface area contributed by atoms with Crippen molar-refractivity contribution < 1.29 is 13.6 Å². The number of hydrogen-bond donors (Lipinski definition) is 1. The average molecular weight is 421 g/mol. The lowest BCUT2D eigenvalue weighted by molar-refractivity contribution is 0.0999. The van der Waals surface area contributed by atoms with Gasteiger partial charge in [-0.15, -0.1) is 0 Å². The van der Waals surface area contributed by atoms with Crippen molar-refractivity contribution >= 4 is 11.5 Å². The van der Waals surface area contributed by atoms with E-state index in [-0.39, 0.29) is 30.1 Å². The lowest BCUT2D eigenvalue weighted by Gasteiger charge is -2.29. The third kappa shape index (κ3) is 3.37. The number of carbonyl (C=O) groups is 1. The molecule has 2 unspecified atom stereocenters. The number of halogens is 2. The predicted molar refractivity (Wildman–Crippen MR) is 111 cm³/mol. The minimum Gasteiger partial charge on any atom is -0.305 e. The Morgan fingerprint density at radius 1 is 1.16 bits per heavy atom. The molecule has 2 aromatic carbocycles. The fourth-order valence-corrected chi connectivity index (χ4v) is 4.55. The van der Waals surface area contributed by atoms with E-state index >= 15 is 0 Å². The number of aliphatic imine (C=N–C) groups is 1. The van der Waals surface area contributed by atoms with Gasteiger partial charge in [-0.2, -0.15) is 5.10 Å². The lowest BCUT2D eigenvalue weighted by Crippen LogP contribution is -2.33. The topological polar surface area (TPSA) is 72.2 Å². The number of ketones is 1. The van der Waals surface area contributed by atoms with Crippen molar-refractivity contribution in [2.45, 2.75) is 38.4 Å². The van der Waals surface area contributed by atoms with Gasteiger partial charge in [0.2, 0.25) is 0 Å². The quantitative estimate of drug-likeness (QED) is 0.699. The summed E-state index contributed by atoms with van der Waals surface area (Å²) in [6, 6.07) is 8.72. The van der Waals surface area contributed by atoms with Crippen molar-refractivity contribution in [3.8, 4) is 0 Å². The molecule has 3 heterocycles. The normalized spacial score (nSPS) is 20.2. The fraction of sp³-hybridized carbons (Fsp3) is 0.304. The molecule has 158 valence electrons. The first-order valence-electron chi connectivity index (χ1n) is 10.3. The van der Waals surface area contributed by atoms with Crippen molar-refractivity contribution in [1.29, 1.82) is 0 Å². The Morgan fingerprint density at radius 3 is 2.74 bits per heavy atom. The van der Waals surface area contributed by atoms with Gasteiger partial charge in [0.05, 0.1) is 11.6 Å². The highest BCUT2D eigenvalue weighted by atomic mass is 19.1. The van der Waals surface area contributed by atoms with Crippen molar-refractivity contribution in [2.24, 2.45) is 4.99 Å². The van der Waals surface area contributed by atoms with Gasteiger partial charge < -0.3 is 5.32 Å². The first-order chi connectivity index (χ1) is 15.1. The summed E-state index contributed by atoms with van der Waals surface area (Å²) < 4.78 is 29.8. The van der Waals surface area contributed by atoms with Crippen LogP contribution in [0.3, 0.4) is 0 Å². The smallest absolute Gasteiger partial charge is 0.184 e. The molecule has 1 N–H and O–H groups in total. The molecular weight excluding hydrogens is 400 g/mol. The maximum absolute atomic E-state index is 14.3. The van der Waals surface area contributed by atoms with Crippen LogP contribution in [0.4, 0.5) is 8.78 Å². The van der Waals surface area contributed by atoms with Crippen LogP contribution in [-0.4, -0.2) is 32.8 Å². The summed E-state index contributed by atoms with van der Waals surface area (Å²) >= 11 is 0. The Morgan fingerprint density at radius 2 is 1.97 bits per heavy atom. The van der Waals surface area contributed by atoms with Crippen LogP contribution < -0.4 is 5.32 Å². The predicted octanol–water partition coefficient (Wildman–Crippen LogP) is 3.58. The number of aryl methyl sites for hydroxylation is 1. The Bertz CT molecular complexity index is 1190. The molecule has 8 heteroatoms. The molecule has 1 aromatic heterocycles. The van der Waals surface area contributed by atoms with Gasteiger partial charge in [-0.1, -0.05) is 19.1 Å². The molecule has 0 fully saturated rings. The minimum absolute atomic E-state index is 0.0419. The molecule has 3 aromatic rings. The highest BCUT2D eigenvalue weighted by Crippen LogP contribution is 2.39. The summed E-state index contributed by atoms with van der Waals surface area (Å²) in [5.74, 6) is -0.640. The molecule has 0 saturated heterocycles. The van der Waals surface area contributed by atoms with Gasteiger partial charge in [-0.25, -0.2) is 18.4 Å². The van der Waals surface area contributed by atoms with E-state index in [1.165, 1.54) is 30.6 Å². The van der Waals surface area contributed by atoms with Gasteiger partial charge in [-0.05, 0) is 41.8 Å². The van der Waals surface area contributed by atoms with Gasteiger partial charge in [0.1, 0.15) is 30.3 Å². The zero-order chi connectivity index (χ0) is 21.5. The molecule has 0 bridgehead atoms. The number of rotatable bonds is 4. The van der Waals surface area contributed by atoms with Crippen LogP contribution in [-0.2, 0) is 13.1 Å². The number of hydrogen-bond acceptors (Lipinski definition) is 5. The van der Waals surface area contributed by atoms with Crippen molar-refractivity contribution in [3.05, 3.63) is 82.4 Å². The number of aromatic nitrogens is 3. The van der Waals surface area contributed by atoms with Crippen molar-refractivity contribution in [2.75, 3.05) is 6.54 Å². The van der Waals surface area contributed by atoms with E-state index in [1.54, 1.807) is 12.1 Å². The summed E-state index contributed by atoms with van der Waals surface area (Å²) in [6.07, 6.45) is 2.38. The molecule has 0 radical (unpaired) electrons. The zero-order valence-corrected chi connectivity index (χ0v) is 17.0. The van der Waals surface area contributed by atoms with Gasteiger partial charge in [0.15, 0.2) is 5.78 Å². The molecule has 6 nitrogen and oxygen atoms in total. The maximum atomic E-state index is 14.3. The molecule has 2 aliphatic rings.